The van der Waals surface area contributed by atoms with E-state index in [0.29, 0.717) is 0 Å². The van der Waals surface area contributed by atoms with Gasteiger partial charge in [-0.25, -0.2) is 14.1 Å². The predicted octanol–water partition coefficient (Wildman–Crippen LogP) is 2.79. The average Bonchev–Trinajstić information content (AvgIpc) is 2.59. The molecule has 16 heavy (non-hydrogen) atoms. The monoisotopic (exact) mass is 239 g/mol. The Hall–Kier alpha value is -0.670. The molecule has 0 spiro atoms. The number of hydrogen-bond acceptors (Lipinski definition) is 2. The molecule has 0 aromatic heterocycles. The first kappa shape index (κ1) is 11.8. The van der Waals surface area contributed by atoms with Crippen molar-refractivity contribution < 1.29 is 4.52 Å². The van der Waals surface area contributed by atoms with Crippen molar-refractivity contribution in [2.45, 2.75) is 0 Å². The van der Waals surface area contributed by atoms with Gasteiger partial charge in [-0.1, -0.05) is 18.2 Å². The van der Waals surface area contributed by atoms with E-state index in [0.717, 1.165) is 18.8 Å². The minimum absolute atomic E-state index is 0.985. The van der Waals surface area contributed by atoms with Gasteiger partial charge in [0.15, 0.2) is 0 Å². The molecular formula is C11H18N3OP. The van der Waals surface area contributed by atoms with Crippen molar-refractivity contribution in [2.24, 2.45) is 4.74 Å². The molecule has 88 valence electrons. The molecular weight excluding hydrogens is 221 g/mol. The summed E-state index contributed by atoms with van der Waals surface area (Å²) in [5.41, 5.74) is 0.985. The van der Waals surface area contributed by atoms with Crippen molar-refractivity contribution in [2.75, 3.05) is 34.3 Å². The molecule has 5 heteroatoms. The van der Waals surface area contributed by atoms with E-state index in [2.05, 4.69) is 23.4 Å². The largest absolute Gasteiger partial charge is 0.324 e. The lowest BCUT2D eigenvalue weighted by atomic mass is 10.3. The van der Waals surface area contributed by atoms with Crippen LogP contribution in [0.5, 0.6) is 0 Å². The van der Waals surface area contributed by atoms with Crippen LogP contribution in [0.3, 0.4) is 0 Å². The molecule has 1 aromatic rings. The summed E-state index contributed by atoms with van der Waals surface area (Å²) < 4.78 is 15.0. The second-order valence-corrected chi connectivity index (χ2v) is 6.85. The lowest BCUT2D eigenvalue weighted by Crippen LogP contribution is -2.14. The molecule has 0 unspecified atom stereocenters. The fourth-order valence-corrected chi connectivity index (χ4v) is 4.53. The van der Waals surface area contributed by atoms with Gasteiger partial charge in [0.05, 0.1) is 5.69 Å². The zero-order valence-electron chi connectivity index (χ0n) is 10.00. The first-order valence-electron chi connectivity index (χ1n) is 5.35. The Morgan fingerprint density at radius 2 is 1.69 bits per heavy atom. The van der Waals surface area contributed by atoms with Crippen LogP contribution in [-0.4, -0.2) is 43.6 Å². The Labute approximate surface area is 97.1 Å². The Morgan fingerprint density at radius 1 is 1.12 bits per heavy atom. The Bertz CT molecular complexity index is 393. The van der Waals surface area contributed by atoms with Gasteiger partial charge in [-0.2, -0.15) is 0 Å². The molecule has 1 heterocycles. The Balaban J connectivity index is 2.45. The highest BCUT2D eigenvalue weighted by atomic mass is 31.2. The summed E-state index contributed by atoms with van der Waals surface area (Å²) in [6.45, 7) is 2.02. The molecule has 1 aliphatic rings. The van der Waals surface area contributed by atoms with Crippen LogP contribution in [0, 0.1) is 0 Å². The third-order valence-electron chi connectivity index (χ3n) is 2.88. The molecule has 1 aromatic carbocycles. The molecule has 0 saturated carbocycles. The second kappa shape index (κ2) is 4.68. The highest BCUT2D eigenvalue weighted by Gasteiger charge is 2.36. The Kier molecular flexibility index (Phi) is 3.45. The Morgan fingerprint density at radius 3 is 2.19 bits per heavy atom. The summed E-state index contributed by atoms with van der Waals surface area (Å²) in [5, 5.41) is 0. The molecule has 1 saturated heterocycles. The minimum Gasteiger partial charge on any atom is -0.324 e. The van der Waals surface area contributed by atoms with E-state index < -0.39 is 7.58 Å². The molecule has 1 fully saturated rings. The van der Waals surface area contributed by atoms with Crippen molar-refractivity contribution >= 4 is 13.3 Å². The fraction of sp³-hybridized carbons (Fsp3) is 0.455. The van der Waals surface area contributed by atoms with E-state index >= 15 is 0 Å². The van der Waals surface area contributed by atoms with Crippen LogP contribution in [0.1, 0.15) is 0 Å². The summed E-state index contributed by atoms with van der Waals surface area (Å²) >= 11 is 0. The maximum absolute atomic E-state index is 5.72. The van der Waals surface area contributed by atoms with Gasteiger partial charge in [0.1, 0.15) is 0 Å². The van der Waals surface area contributed by atoms with E-state index in [-0.39, 0.29) is 0 Å². The normalized spacial score (nSPS) is 21.2. The van der Waals surface area contributed by atoms with Crippen LogP contribution in [0.4, 0.5) is 5.69 Å². The highest BCUT2D eigenvalue weighted by molar-refractivity contribution is 7.56. The number of hydrogen-bond donors (Lipinski definition) is 0. The van der Waals surface area contributed by atoms with E-state index in [4.69, 9.17) is 9.27 Å². The van der Waals surface area contributed by atoms with Gasteiger partial charge >= 0.3 is 0 Å². The molecule has 0 N–H and O–H groups in total. The first-order valence-corrected chi connectivity index (χ1v) is 6.92. The summed E-state index contributed by atoms with van der Waals surface area (Å²) in [5.74, 6) is 0. The summed E-state index contributed by atoms with van der Waals surface area (Å²) in [7, 11) is 3.96. The molecule has 0 bridgehead atoms. The summed E-state index contributed by atoms with van der Waals surface area (Å²) in [6.07, 6.45) is 0. The molecule has 1 aliphatic heterocycles. The molecule has 4 nitrogen and oxygen atoms in total. The number of nitrogens with zero attached hydrogens (tertiary/aromatic N) is 3. The van der Waals surface area contributed by atoms with Gasteiger partial charge < -0.3 is 4.52 Å². The van der Waals surface area contributed by atoms with Gasteiger partial charge in [-0.3, -0.25) is 0 Å². The molecule has 0 amide bonds. The molecule has 2 rings (SSSR count). The first-order chi connectivity index (χ1) is 7.69. The van der Waals surface area contributed by atoms with Crippen molar-refractivity contribution in [3.8, 4) is 0 Å². The zero-order chi connectivity index (χ0) is 11.6. The van der Waals surface area contributed by atoms with Gasteiger partial charge in [0.2, 0.25) is 7.58 Å². The summed E-state index contributed by atoms with van der Waals surface area (Å²) in [4.78, 5) is 0. The van der Waals surface area contributed by atoms with Gasteiger partial charge in [-0.15, -0.1) is 0 Å². The van der Waals surface area contributed by atoms with Crippen molar-refractivity contribution in [3.05, 3.63) is 30.3 Å². The average molecular weight is 239 g/mol. The van der Waals surface area contributed by atoms with Gasteiger partial charge in [-0.05, 0) is 26.2 Å². The predicted molar refractivity (Wildman–Crippen MR) is 67.7 cm³/mol. The minimum atomic E-state index is -1.94. The van der Waals surface area contributed by atoms with Crippen LogP contribution < -0.4 is 0 Å². The van der Waals surface area contributed by atoms with Crippen LogP contribution in [-0.2, 0) is 4.52 Å². The maximum atomic E-state index is 5.72. The van der Waals surface area contributed by atoms with Crippen molar-refractivity contribution in [1.82, 2.24) is 9.34 Å². The van der Waals surface area contributed by atoms with Crippen molar-refractivity contribution in [1.29, 1.82) is 0 Å². The van der Waals surface area contributed by atoms with Crippen molar-refractivity contribution in [3.63, 3.8) is 0 Å². The zero-order valence-corrected chi connectivity index (χ0v) is 10.9. The van der Waals surface area contributed by atoms with E-state index in [1.165, 1.54) is 0 Å². The lowest BCUT2D eigenvalue weighted by molar-refractivity contribution is 0.382. The smallest absolute Gasteiger partial charge is 0.232 e. The van der Waals surface area contributed by atoms with Gasteiger partial charge in [0, 0.05) is 20.2 Å². The number of rotatable bonds is 2. The summed E-state index contributed by atoms with van der Waals surface area (Å²) in [6, 6.07) is 10.0. The van der Waals surface area contributed by atoms with E-state index in [9.17, 15) is 0 Å². The van der Waals surface area contributed by atoms with Gasteiger partial charge in [0.25, 0.3) is 0 Å². The van der Waals surface area contributed by atoms with Crippen LogP contribution in [0.25, 0.3) is 0 Å². The maximum Gasteiger partial charge on any atom is 0.232 e. The van der Waals surface area contributed by atoms with Crippen LogP contribution in [0.2, 0.25) is 0 Å². The molecule has 0 aliphatic carbocycles. The van der Waals surface area contributed by atoms with Crippen LogP contribution in [0.15, 0.2) is 35.1 Å². The molecule has 0 radical (unpaired) electrons. The van der Waals surface area contributed by atoms with Crippen LogP contribution >= 0.6 is 7.58 Å². The third kappa shape index (κ3) is 1.94. The third-order valence-corrected chi connectivity index (χ3v) is 6.04. The fourth-order valence-electron chi connectivity index (χ4n) is 1.93. The molecule has 0 atom stereocenters. The van der Waals surface area contributed by atoms with E-state index in [1.54, 1.807) is 7.11 Å². The number of likely N-dealkylation sites (N-methyl/N-ethyl adjacent to an activating group) is 2. The number of benzene rings is 1. The second-order valence-electron chi connectivity index (χ2n) is 3.89. The van der Waals surface area contributed by atoms with E-state index in [1.807, 2.05) is 30.3 Å². The highest BCUT2D eigenvalue weighted by Crippen LogP contribution is 2.59. The topological polar surface area (TPSA) is 28.1 Å². The lowest BCUT2D eigenvalue weighted by Gasteiger charge is -2.29. The quantitative estimate of drug-likeness (QED) is 0.743. The SMILES string of the molecule is COP1(=Nc2ccccc2)N(C)CCN1C. The standard InChI is InChI=1S/C11H18N3OP/c1-13-9-10-14(2)16(13,15-3)12-11-7-5-4-6-8-11/h4-8H,9-10H2,1-3H3.